The molecule has 1 atom stereocenters. The van der Waals surface area contributed by atoms with Crippen molar-refractivity contribution in [2.24, 2.45) is 0 Å². The normalized spacial score (nSPS) is 17.0. The van der Waals surface area contributed by atoms with Crippen LogP contribution >= 0.6 is 22.9 Å². The lowest BCUT2D eigenvalue weighted by atomic mass is 10.2. The van der Waals surface area contributed by atoms with Crippen LogP contribution in [-0.4, -0.2) is 31.9 Å². The van der Waals surface area contributed by atoms with E-state index in [1.54, 1.807) is 12.4 Å². The zero-order valence-electron chi connectivity index (χ0n) is 14.6. The average Bonchev–Trinajstić information content (AvgIpc) is 3.23. The van der Waals surface area contributed by atoms with Gasteiger partial charge in [0.15, 0.2) is 0 Å². The van der Waals surface area contributed by atoms with Crippen LogP contribution < -0.4 is 0 Å². The number of thiazole rings is 1. The van der Waals surface area contributed by atoms with E-state index in [1.807, 2.05) is 53.6 Å². The highest BCUT2D eigenvalue weighted by molar-refractivity contribution is 7.11. The molecule has 0 amide bonds. The van der Waals surface area contributed by atoms with Gasteiger partial charge in [0.05, 0.1) is 17.3 Å². The number of nitrogens with one attached hydrogen (secondary N) is 1. The summed E-state index contributed by atoms with van der Waals surface area (Å²) in [6.45, 7) is 2.43. The number of aliphatic hydroxyl groups excluding tert-OH is 1. The largest absolute Gasteiger partial charge is 0.509 e. The molecule has 0 saturated heterocycles. The number of aromatic nitrogens is 2. The van der Waals surface area contributed by atoms with Crippen molar-refractivity contribution in [2.45, 2.75) is 19.5 Å². The van der Waals surface area contributed by atoms with Crippen molar-refractivity contribution in [3.05, 3.63) is 75.5 Å². The molecule has 0 saturated carbocycles. The lowest BCUT2D eigenvalue weighted by Gasteiger charge is -2.24. The van der Waals surface area contributed by atoms with Crippen molar-refractivity contribution in [3.63, 3.8) is 0 Å². The summed E-state index contributed by atoms with van der Waals surface area (Å²) in [4.78, 5) is 10.5. The molecule has 136 valence electrons. The quantitative estimate of drug-likeness (QED) is 0.650. The number of hydrogen-bond acceptors (Lipinski definition) is 5. The van der Waals surface area contributed by atoms with E-state index in [-0.39, 0.29) is 17.6 Å². The van der Waals surface area contributed by atoms with Crippen LogP contribution in [0.2, 0.25) is 5.02 Å². The van der Waals surface area contributed by atoms with Crippen LogP contribution in [-0.2, 0) is 6.54 Å². The van der Waals surface area contributed by atoms with Gasteiger partial charge in [0, 0.05) is 34.9 Å². The fourth-order valence-electron chi connectivity index (χ4n) is 3.07. The van der Waals surface area contributed by atoms with Crippen LogP contribution in [0, 0.1) is 5.41 Å². The molecule has 5 nitrogen and oxygen atoms in total. The molecule has 2 N–H and O–H groups in total. The van der Waals surface area contributed by atoms with Gasteiger partial charge in [-0.1, -0.05) is 23.7 Å². The fourth-order valence-corrected chi connectivity index (χ4v) is 4.08. The summed E-state index contributed by atoms with van der Waals surface area (Å²) in [6.07, 6.45) is 3.46. The predicted octanol–water partition coefficient (Wildman–Crippen LogP) is 5.01. The van der Waals surface area contributed by atoms with Gasteiger partial charge in [-0.15, -0.1) is 11.3 Å². The Labute approximate surface area is 166 Å². The second kappa shape index (κ2) is 7.13. The molecule has 1 aromatic carbocycles. The molecule has 1 aliphatic heterocycles. The molecule has 0 radical (unpaired) electrons. The Morgan fingerprint density at radius 2 is 1.89 bits per heavy atom. The molecule has 0 bridgehead atoms. The number of halogens is 1. The standard InChI is InChI=1S/C20H17ClN4OS/c1-12-18(26)17(19(22)25(12)10-13-6-8-23-9-7-13)20-24-16(11-27-20)14-2-4-15(21)5-3-14/h2-9,11-12,22,26H,10H2,1H3. The van der Waals surface area contributed by atoms with E-state index < -0.39 is 0 Å². The Bertz CT molecular complexity index is 1010. The monoisotopic (exact) mass is 396 g/mol. The summed E-state index contributed by atoms with van der Waals surface area (Å²) in [5, 5.41) is 22.5. The first-order chi connectivity index (χ1) is 13.0. The Balaban J connectivity index is 1.62. The Morgan fingerprint density at radius 3 is 2.59 bits per heavy atom. The van der Waals surface area contributed by atoms with E-state index in [2.05, 4.69) is 9.97 Å². The van der Waals surface area contributed by atoms with Gasteiger partial charge in [0.2, 0.25) is 0 Å². The predicted molar refractivity (Wildman–Crippen MR) is 109 cm³/mol. The van der Waals surface area contributed by atoms with Gasteiger partial charge < -0.3 is 10.0 Å². The van der Waals surface area contributed by atoms with Crippen LogP contribution in [0.3, 0.4) is 0 Å². The maximum Gasteiger partial charge on any atom is 0.135 e. The summed E-state index contributed by atoms with van der Waals surface area (Å²) < 4.78 is 0. The highest BCUT2D eigenvalue weighted by Crippen LogP contribution is 2.35. The van der Waals surface area contributed by atoms with E-state index in [9.17, 15) is 5.11 Å². The molecule has 0 fully saturated rings. The zero-order valence-corrected chi connectivity index (χ0v) is 16.1. The van der Waals surface area contributed by atoms with Crippen molar-refractivity contribution in [1.82, 2.24) is 14.9 Å². The van der Waals surface area contributed by atoms with E-state index in [0.29, 0.717) is 22.1 Å². The van der Waals surface area contributed by atoms with Gasteiger partial charge >= 0.3 is 0 Å². The van der Waals surface area contributed by atoms with Crippen LogP contribution in [0.4, 0.5) is 0 Å². The maximum atomic E-state index is 10.7. The third-order valence-corrected chi connectivity index (χ3v) is 5.72. The molecule has 7 heteroatoms. The first-order valence-electron chi connectivity index (χ1n) is 8.44. The second-order valence-corrected chi connectivity index (χ2v) is 7.61. The first kappa shape index (κ1) is 17.7. The van der Waals surface area contributed by atoms with Crippen molar-refractivity contribution >= 4 is 34.3 Å². The molecule has 3 heterocycles. The highest BCUT2D eigenvalue weighted by atomic mass is 35.5. The smallest absolute Gasteiger partial charge is 0.135 e. The number of amidine groups is 1. The van der Waals surface area contributed by atoms with E-state index in [0.717, 1.165) is 16.8 Å². The van der Waals surface area contributed by atoms with Gasteiger partial charge in [-0.05, 0) is 36.8 Å². The second-order valence-electron chi connectivity index (χ2n) is 6.31. The topological polar surface area (TPSA) is 73.1 Å². The molecule has 1 aliphatic rings. The molecule has 3 aromatic rings. The third kappa shape index (κ3) is 3.34. The van der Waals surface area contributed by atoms with Crippen molar-refractivity contribution in [3.8, 4) is 11.3 Å². The maximum absolute atomic E-state index is 10.7. The number of hydrogen-bond donors (Lipinski definition) is 2. The minimum absolute atomic E-state index is 0.186. The van der Waals surface area contributed by atoms with Crippen LogP contribution in [0.15, 0.2) is 59.9 Å². The SMILES string of the molecule is CC1C(O)=C(c2nc(-c3ccc(Cl)cc3)cs2)C(=N)N1Cc1ccncc1. The minimum Gasteiger partial charge on any atom is -0.509 e. The van der Waals surface area contributed by atoms with Crippen molar-refractivity contribution in [2.75, 3.05) is 0 Å². The van der Waals surface area contributed by atoms with Gasteiger partial charge in [-0.3, -0.25) is 10.4 Å². The summed E-state index contributed by atoms with van der Waals surface area (Å²) in [7, 11) is 0. The molecule has 27 heavy (non-hydrogen) atoms. The van der Waals surface area contributed by atoms with E-state index >= 15 is 0 Å². The molecule has 2 aromatic heterocycles. The molecule has 0 aliphatic carbocycles. The molecule has 4 rings (SSSR count). The van der Waals surface area contributed by atoms with Gasteiger partial charge in [0.1, 0.15) is 16.6 Å². The average molecular weight is 397 g/mol. The lowest BCUT2D eigenvalue weighted by Crippen LogP contribution is -2.32. The number of pyridine rings is 1. The van der Waals surface area contributed by atoms with Crippen LogP contribution in [0.25, 0.3) is 16.8 Å². The number of nitrogens with zero attached hydrogens (tertiary/aromatic N) is 3. The van der Waals surface area contributed by atoms with E-state index in [4.69, 9.17) is 17.0 Å². The Hall–Kier alpha value is -2.70. The minimum atomic E-state index is -0.274. The zero-order chi connectivity index (χ0) is 19.0. The van der Waals surface area contributed by atoms with Crippen LogP contribution in [0.1, 0.15) is 17.5 Å². The number of rotatable bonds is 4. The lowest BCUT2D eigenvalue weighted by molar-refractivity contribution is 0.281. The molecule has 1 unspecified atom stereocenters. The molecular formula is C20H17ClN4OS. The molecular weight excluding hydrogens is 380 g/mol. The summed E-state index contributed by atoms with van der Waals surface area (Å²) in [5.41, 5.74) is 3.30. The van der Waals surface area contributed by atoms with E-state index in [1.165, 1.54) is 11.3 Å². The number of aliphatic hydroxyl groups is 1. The third-order valence-electron chi connectivity index (χ3n) is 4.60. The Kier molecular flexibility index (Phi) is 4.68. The summed E-state index contributed by atoms with van der Waals surface area (Å²) in [6, 6.07) is 11.0. The first-order valence-corrected chi connectivity index (χ1v) is 9.70. The summed E-state index contributed by atoms with van der Waals surface area (Å²) >= 11 is 7.37. The van der Waals surface area contributed by atoms with Gasteiger partial charge in [-0.25, -0.2) is 4.98 Å². The van der Waals surface area contributed by atoms with Gasteiger partial charge in [-0.2, -0.15) is 0 Å². The Morgan fingerprint density at radius 1 is 1.19 bits per heavy atom. The number of benzene rings is 1. The molecule has 0 spiro atoms. The highest BCUT2D eigenvalue weighted by Gasteiger charge is 2.36. The van der Waals surface area contributed by atoms with Crippen molar-refractivity contribution in [1.29, 1.82) is 5.41 Å². The van der Waals surface area contributed by atoms with Crippen molar-refractivity contribution < 1.29 is 5.11 Å². The van der Waals surface area contributed by atoms with Gasteiger partial charge in [0.25, 0.3) is 0 Å². The fraction of sp³-hybridized carbons (Fsp3) is 0.150. The summed E-state index contributed by atoms with van der Waals surface area (Å²) in [5.74, 6) is 0.472. The van der Waals surface area contributed by atoms with Crippen LogP contribution in [0.5, 0.6) is 0 Å².